The van der Waals surface area contributed by atoms with Crippen LogP contribution in [-0.4, -0.2) is 25.1 Å². The van der Waals surface area contributed by atoms with Gasteiger partial charge in [-0.05, 0) is 66.3 Å². The second kappa shape index (κ2) is 6.81. The molecular formula is C17H17N3O3S2. The molecule has 1 N–H and O–H groups in total. The number of sulfonamides is 1. The Kier molecular flexibility index (Phi) is 4.73. The molecule has 0 unspecified atom stereocenters. The molecule has 0 fully saturated rings. The molecule has 8 heteroatoms. The zero-order valence-corrected chi connectivity index (χ0v) is 15.6. The largest absolute Gasteiger partial charge is 0.495 e. The maximum atomic E-state index is 12.7. The fourth-order valence-electron chi connectivity index (χ4n) is 2.34. The van der Waals surface area contributed by atoms with Crippen molar-refractivity contribution < 1.29 is 13.2 Å². The van der Waals surface area contributed by atoms with E-state index in [4.69, 9.17) is 4.74 Å². The summed E-state index contributed by atoms with van der Waals surface area (Å²) in [5, 5.41) is 3.80. The van der Waals surface area contributed by atoms with Crippen molar-refractivity contribution in [2.45, 2.75) is 18.7 Å². The van der Waals surface area contributed by atoms with Gasteiger partial charge in [-0.25, -0.2) is 8.42 Å². The molecular weight excluding hydrogens is 358 g/mol. The van der Waals surface area contributed by atoms with E-state index in [0.29, 0.717) is 11.4 Å². The summed E-state index contributed by atoms with van der Waals surface area (Å²) in [6.07, 6.45) is 1.67. The highest BCUT2D eigenvalue weighted by molar-refractivity contribution is 7.92. The van der Waals surface area contributed by atoms with Crippen LogP contribution in [0.4, 0.5) is 5.69 Å². The minimum Gasteiger partial charge on any atom is -0.495 e. The average Bonchev–Trinajstić information content (AvgIpc) is 3.11. The summed E-state index contributed by atoms with van der Waals surface area (Å²) in [5.41, 5.74) is 3.26. The van der Waals surface area contributed by atoms with Gasteiger partial charge in [-0.1, -0.05) is 16.6 Å². The highest BCUT2D eigenvalue weighted by atomic mass is 32.2. The summed E-state index contributed by atoms with van der Waals surface area (Å²) in [7, 11) is -2.30. The van der Waals surface area contributed by atoms with E-state index in [0.717, 1.165) is 21.6 Å². The van der Waals surface area contributed by atoms with Gasteiger partial charge in [0, 0.05) is 5.69 Å². The number of hydrogen-bond acceptors (Lipinski definition) is 6. The molecule has 0 saturated carbocycles. The molecule has 0 spiro atoms. The van der Waals surface area contributed by atoms with Crippen LogP contribution in [0.1, 0.15) is 11.1 Å². The Hall–Kier alpha value is -2.45. The van der Waals surface area contributed by atoms with Crippen LogP contribution in [0.25, 0.3) is 10.4 Å². The number of benzene rings is 2. The van der Waals surface area contributed by atoms with Crippen LogP contribution >= 0.6 is 11.5 Å². The van der Waals surface area contributed by atoms with Gasteiger partial charge in [0.15, 0.2) is 0 Å². The molecule has 0 radical (unpaired) electrons. The SMILES string of the molecule is COc1cc(C)c(C)cc1S(=O)(=O)Nc1ccc(-c2cnns2)cc1. The molecule has 0 aliphatic carbocycles. The second-order valence-electron chi connectivity index (χ2n) is 5.55. The van der Waals surface area contributed by atoms with Crippen molar-refractivity contribution in [3.8, 4) is 16.2 Å². The van der Waals surface area contributed by atoms with Crippen molar-refractivity contribution in [1.29, 1.82) is 0 Å². The Balaban J connectivity index is 1.90. The minimum atomic E-state index is -3.76. The highest BCUT2D eigenvalue weighted by Crippen LogP contribution is 2.30. The van der Waals surface area contributed by atoms with Gasteiger partial charge in [0.1, 0.15) is 10.6 Å². The van der Waals surface area contributed by atoms with Crippen LogP contribution in [0.5, 0.6) is 5.75 Å². The van der Waals surface area contributed by atoms with Crippen LogP contribution < -0.4 is 9.46 Å². The van der Waals surface area contributed by atoms with Crippen molar-refractivity contribution in [2.75, 3.05) is 11.8 Å². The summed E-state index contributed by atoms with van der Waals surface area (Å²) >= 11 is 1.28. The standard InChI is InChI=1S/C17H17N3O3S2/c1-11-8-15(23-3)17(9-12(11)2)25(21,22)19-14-6-4-13(5-7-14)16-10-18-20-24-16/h4-10,19H,1-3H3. The van der Waals surface area contributed by atoms with Crippen molar-refractivity contribution in [1.82, 2.24) is 9.59 Å². The normalized spacial score (nSPS) is 11.3. The summed E-state index contributed by atoms with van der Waals surface area (Å²) in [4.78, 5) is 1.04. The zero-order valence-electron chi connectivity index (χ0n) is 14.0. The van der Waals surface area contributed by atoms with Crippen molar-refractivity contribution in [2.24, 2.45) is 0 Å². The van der Waals surface area contributed by atoms with E-state index in [9.17, 15) is 8.42 Å². The van der Waals surface area contributed by atoms with Gasteiger partial charge in [0.2, 0.25) is 0 Å². The van der Waals surface area contributed by atoms with Gasteiger partial charge >= 0.3 is 0 Å². The molecule has 3 rings (SSSR count). The Bertz CT molecular complexity index is 983. The smallest absolute Gasteiger partial charge is 0.265 e. The molecule has 130 valence electrons. The summed E-state index contributed by atoms with van der Waals surface area (Å²) in [5.74, 6) is 0.322. The third kappa shape index (κ3) is 3.64. The first kappa shape index (κ1) is 17.4. The first-order valence-electron chi connectivity index (χ1n) is 7.46. The predicted octanol–water partition coefficient (Wildman–Crippen LogP) is 3.63. The first-order valence-corrected chi connectivity index (χ1v) is 9.72. The van der Waals surface area contributed by atoms with Crippen molar-refractivity contribution >= 4 is 27.2 Å². The summed E-state index contributed by atoms with van der Waals surface area (Å²) < 4.78 is 37.2. The van der Waals surface area contributed by atoms with E-state index in [1.54, 1.807) is 30.5 Å². The zero-order chi connectivity index (χ0) is 18.0. The molecule has 0 saturated heterocycles. The fourth-order valence-corrected chi connectivity index (χ4v) is 4.15. The lowest BCUT2D eigenvalue weighted by Gasteiger charge is -2.14. The van der Waals surface area contributed by atoms with Crippen LogP contribution in [-0.2, 0) is 10.0 Å². The van der Waals surface area contributed by atoms with Crippen LogP contribution in [0.15, 0.2) is 47.5 Å². The van der Waals surface area contributed by atoms with Gasteiger partial charge < -0.3 is 4.74 Å². The number of anilines is 1. The minimum absolute atomic E-state index is 0.119. The third-order valence-electron chi connectivity index (χ3n) is 3.85. The van der Waals surface area contributed by atoms with Gasteiger partial charge in [0.25, 0.3) is 10.0 Å². The molecule has 6 nitrogen and oxygen atoms in total. The Morgan fingerprint density at radius 1 is 1.08 bits per heavy atom. The number of nitrogens with zero attached hydrogens (tertiary/aromatic N) is 2. The van der Waals surface area contributed by atoms with Crippen molar-refractivity contribution in [3.63, 3.8) is 0 Å². The summed E-state index contributed by atoms with van der Waals surface area (Å²) in [6, 6.07) is 10.4. The molecule has 1 heterocycles. The molecule has 2 aromatic carbocycles. The van der Waals surface area contributed by atoms with Crippen LogP contribution in [0.2, 0.25) is 0 Å². The van der Waals surface area contributed by atoms with E-state index in [1.807, 2.05) is 26.0 Å². The monoisotopic (exact) mass is 375 g/mol. The van der Waals surface area contributed by atoms with Crippen LogP contribution in [0.3, 0.4) is 0 Å². The van der Waals surface area contributed by atoms with E-state index in [-0.39, 0.29) is 4.90 Å². The molecule has 0 bridgehead atoms. The molecule has 0 aliphatic rings. The molecule has 25 heavy (non-hydrogen) atoms. The number of ether oxygens (including phenoxy) is 1. The lowest BCUT2D eigenvalue weighted by Crippen LogP contribution is -2.14. The van der Waals surface area contributed by atoms with Gasteiger partial charge in [0.05, 0.1) is 18.2 Å². The molecule has 0 aliphatic heterocycles. The number of hydrogen-bond donors (Lipinski definition) is 1. The van der Waals surface area contributed by atoms with Gasteiger partial charge in [-0.2, -0.15) is 0 Å². The number of aromatic nitrogens is 2. The number of aryl methyl sites for hydroxylation is 2. The quantitative estimate of drug-likeness (QED) is 0.736. The Morgan fingerprint density at radius 3 is 2.36 bits per heavy atom. The van der Waals surface area contributed by atoms with E-state index >= 15 is 0 Å². The lowest BCUT2D eigenvalue weighted by molar-refractivity contribution is 0.402. The average molecular weight is 375 g/mol. The highest BCUT2D eigenvalue weighted by Gasteiger charge is 2.21. The van der Waals surface area contributed by atoms with Crippen LogP contribution in [0, 0.1) is 13.8 Å². The van der Waals surface area contributed by atoms with E-state index in [2.05, 4.69) is 14.3 Å². The summed E-state index contributed by atoms with van der Waals surface area (Å²) in [6.45, 7) is 3.78. The molecule has 1 aromatic heterocycles. The molecule has 0 atom stereocenters. The van der Waals surface area contributed by atoms with E-state index in [1.165, 1.54) is 18.6 Å². The van der Waals surface area contributed by atoms with Gasteiger partial charge in [-0.15, -0.1) is 5.10 Å². The van der Waals surface area contributed by atoms with E-state index < -0.39 is 10.0 Å². The topological polar surface area (TPSA) is 81.2 Å². The Morgan fingerprint density at radius 2 is 1.76 bits per heavy atom. The Labute approximate surface area is 150 Å². The van der Waals surface area contributed by atoms with Gasteiger partial charge in [-0.3, -0.25) is 4.72 Å². The lowest BCUT2D eigenvalue weighted by atomic mass is 10.1. The number of rotatable bonds is 5. The second-order valence-corrected chi connectivity index (χ2v) is 7.99. The third-order valence-corrected chi connectivity index (χ3v) is 5.97. The predicted molar refractivity (Wildman–Crippen MR) is 98.6 cm³/mol. The number of methoxy groups -OCH3 is 1. The fraction of sp³-hybridized carbons (Fsp3) is 0.176. The maximum absolute atomic E-state index is 12.7. The molecule has 0 amide bonds. The number of nitrogens with one attached hydrogen (secondary N) is 1. The molecule has 3 aromatic rings. The first-order chi connectivity index (χ1) is 11.9. The maximum Gasteiger partial charge on any atom is 0.265 e. The van der Waals surface area contributed by atoms with Crippen molar-refractivity contribution in [3.05, 3.63) is 53.7 Å².